The van der Waals surface area contributed by atoms with E-state index in [1.165, 1.54) is 65.1 Å². The van der Waals surface area contributed by atoms with Crippen molar-refractivity contribution in [3.63, 3.8) is 0 Å². The van der Waals surface area contributed by atoms with E-state index >= 15 is 9.13 Å². The van der Waals surface area contributed by atoms with Crippen LogP contribution < -0.4 is 9.05 Å². The maximum absolute atomic E-state index is 17.3. The maximum atomic E-state index is 17.3. The Balaban J connectivity index is 1.83. The molecule has 0 amide bonds. The van der Waals surface area contributed by atoms with Crippen LogP contribution in [0.2, 0.25) is 26.6 Å². The van der Waals surface area contributed by atoms with Gasteiger partial charge in [0.1, 0.15) is 0 Å². The fourth-order valence-electron chi connectivity index (χ4n) is 9.51. The van der Waals surface area contributed by atoms with Crippen molar-refractivity contribution in [1.29, 1.82) is 0 Å². The van der Waals surface area contributed by atoms with Gasteiger partial charge < -0.3 is 0 Å². The summed E-state index contributed by atoms with van der Waals surface area (Å²) in [6.07, 6.45) is 13.9. The average molecular weight is 940 g/mol. The molecule has 9 heteroatoms. The van der Waals surface area contributed by atoms with Crippen molar-refractivity contribution < 1.29 is 18.2 Å². The zero-order valence-corrected chi connectivity index (χ0v) is 39.8. The van der Waals surface area contributed by atoms with Crippen LogP contribution in [-0.2, 0) is 9.13 Å². The standard InChI is InChI=1S/C16H10O4P2S.6C4H9.2Sn/c17-21(19-11-7-3-1-4-8-11)13-14(21)16-22(18,15(13)23-16)20-12-9-5-2-6-10-12;6*1-3-4-2;;/h1-10H;6*1,3-4H2,2H3;;. The zero-order chi connectivity index (χ0) is 35.2. The number of fused-ring (bicyclic) bond motifs is 4. The van der Waals surface area contributed by atoms with Gasteiger partial charge in [0.2, 0.25) is 0 Å². The first-order chi connectivity index (χ1) is 23.7. The molecule has 5 rings (SSSR count). The Kier molecular flexibility index (Phi) is 14.1. The zero-order valence-electron chi connectivity index (χ0n) is 31.4. The number of benzene rings is 2. The minimum atomic E-state index is -3.53. The van der Waals surface area contributed by atoms with Gasteiger partial charge in [-0.1, -0.05) is 0 Å². The summed E-state index contributed by atoms with van der Waals surface area (Å²) in [5.74, 6) is 1.45. The molecule has 49 heavy (non-hydrogen) atoms. The Morgan fingerprint density at radius 3 is 1.12 bits per heavy atom. The second-order valence-corrected chi connectivity index (χ2v) is 54.0. The van der Waals surface area contributed by atoms with E-state index < -0.39 is 56.5 Å². The molecule has 3 aliphatic rings. The number of hydrogen-bond donors (Lipinski definition) is 0. The average Bonchev–Trinajstić information content (AvgIpc) is 3.42. The third-order valence-corrected chi connectivity index (χ3v) is 73.0. The van der Waals surface area contributed by atoms with E-state index in [-0.39, 0.29) is 0 Å². The quantitative estimate of drug-likeness (QED) is 0.0775. The van der Waals surface area contributed by atoms with Crippen molar-refractivity contribution in [3.05, 3.63) is 71.3 Å². The summed E-state index contributed by atoms with van der Waals surface area (Å²) >= 11 is -4.89. The molecule has 1 saturated heterocycles. The molecular weight excluding hydrogens is 876 g/mol. The van der Waals surface area contributed by atoms with Crippen molar-refractivity contribution in [3.8, 4) is 11.5 Å². The molecule has 2 bridgehead atoms. The molecule has 0 saturated carbocycles. The van der Waals surface area contributed by atoms with Crippen LogP contribution in [0.25, 0.3) is 0 Å². The second-order valence-electron chi connectivity index (χ2n) is 15.2. The van der Waals surface area contributed by atoms with Gasteiger partial charge in [0.05, 0.1) is 0 Å². The molecule has 272 valence electrons. The molecule has 4 nitrogen and oxygen atoms in total. The summed E-state index contributed by atoms with van der Waals surface area (Å²) in [5.41, 5.74) is 0. The topological polar surface area (TPSA) is 52.6 Å². The molecule has 2 atom stereocenters. The Hall–Kier alpha value is 0.187. The van der Waals surface area contributed by atoms with Gasteiger partial charge in [0.25, 0.3) is 0 Å². The number of hydrogen-bond acceptors (Lipinski definition) is 5. The SMILES string of the molecule is CCC[CH2][Sn]([CH2]CCC)([CH2]CCC)[C]12S[C]([Sn]([CH2]CCC)([CH2]CCC)[CH2]CCC)(C3=C1P3(=O)Oc1ccccc1)P2(=O)Oc1ccccc1. The molecule has 3 aliphatic heterocycles. The van der Waals surface area contributed by atoms with Crippen LogP contribution in [0, 0.1) is 0 Å². The van der Waals surface area contributed by atoms with Gasteiger partial charge in [-0.25, -0.2) is 0 Å². The van der Waals surface area contributed by atoms with Crippen LogP contribution in [-0.4, -0.2) is 41.8 Å². The molecule has 0 aliphatic carbocycles. The van der Waals surface area contributed by atoms with Crippen LogP contribution in [0.5, 0.6) is 11.5 Å². The van der Waals surface area contributed by atoms with Crippen molar-refractivity contribution in [1.82, 2.24) is 0 Å². The van der Waals surface area contributed by atoms with Gasteiger partial charge >= 0.3 is 314 Å². The van der Waals surface area contributed by atoms with Crippen LogP contribution in [0.4, 0.5) is 0 Å². The molecular formula is C40H64O4P2SSn2. The van der Waals surface area contributed by atoms with Crippen LogP contribution in [0.15, 0.2) is 71.3 Å². The number of para-hydroxylation sites is 2. The minimum absolute atomic E-state index is 0.580. The Morgan fingerprint density at radius 1 is 0.510 bits per heavy atom. The first-order valence-electron chi connectivity index (χ1n) is 19.9. The van der Waals surface area contributed by atoms with Crippen molar-refractivity contribution in [2.75, 3.05) is 0 Å². The van der Waals surface area contributed by atoms with Crippen molar-refractivity contribution >= 4 is 63.3 Å². The molecule has 0 aromatic heterocycles. The predicted molar refractivity (Wildman–Crippen MR) is 219 cm³/mol. The molecule has 3 heterocycles. The molecule has 0 spiro atoms. The Bertz CT molecular complexity index is 1410. The summed E-state index contributed by atoms with van der Waals surface area (Å²) in [6.45, 7) is 13.9. The third-order valence-electron chi connectivity index (χ3n) is 12.0. The van der Waals surface area contributed by atoms with E-state index in [9.17, 15) is 0 Å². The molecule has 0 radical (unpaired) electrons. The molecule has 0 N–H and O–H groups in total. The number of rotatable bonds is 24. The summed E-state index contributed by atoms with van der Waals surface area (Å²) in [5, 5.41) is 2.13. The molecule has 1 fully saturated rings. The van der Waals surface area contributed by atoms with E-state index in [1.807, 2.05) is 60.7 Å². The number of unbranched alkanes of at least 4 members (excludes halogenated alkanes) is 6. The number of thioether (sulfide) groups is 1. The van der Waals surface area contributed by atoms with Crippen molar-refractivity contribution in [2.45, 2.75) is 150 Å². The fraction of sp³-hybridized carbons (Fsp3) is 0.650. The summed E-state index contributed by atoms with van der Waals surface area (Å²) in [4.78, 5) is 0. The monoisotopic (exact) mass is 942 g/mol. The molecule has 2 aromatic rings. The first kappa shape index (κ1) is 40.4. The van der Waals surface area contributed by atoms with Gasteiger partial charge in [0, 0.05) is 0 Å². The van der Waals surface area contributed by atoms with Gasteiger partial charge in [-0.05, 0) is 0 Å². The van der Waals surface area contributed by atoms with E-state index in [4.69, 9.17) is 9.05 Å². The second kappa shape index (κ2) is 17.1. The summed E-state index contributed by atoms with van der Waals surface area (Å²) < 4.78 is 53.6. The van der Waals surface area contributed by atoms with Gasteiger partial charge in [0.15, 0.2) is 0 Å². The fourth-order valence-corrected chi connectivity index (χ4v) is 96.4. The summed E-state index contributed by atoms with van der Waals surface area (Å²) in [6, 6.07) is 20.1. The molecule has 2 unspecified atom stereocenters. The van der Waals surface area contributed by atoms with Crippen LogP contribution in [0.1, 0.15) is 119 Å². The van der Waals surface area contributed by atoms with Gasteiger partial charge in [-0.2, -0.15) is 0 Å². The van der Waals surface area contributed by atoms with Crippen LogP contribution >= 0.6 is 26.5 Å². The molecule has 2 aromatic carbocycles. The van der Waals surface area contributed by atoms with E-state index in [2.05, 4.69) is 53.3 Å². The van der Waals surface area contributed by atoms with E-state index in [0.717, 1.165) is 54.9 Å². The normalized spacial score (nSPS) is 27.1. The van der Waals surface area contributed by atoms with E-state index in [1.54, 1.807) is 0 Å². The van der Waals surface area contributed by atoms with Gasteiger partial charge in [-0.15, -0.1) is 0 Å². The van der Waals surface area contributed by atoms with Gasteiger partial charge in [-0.3, -0.25) is 0 Å². The van der Waals surface area contributed by atoms with Crippen molar-refractivity contribution in [2.24, 2.45) is 0 Å². The van der Waals surface area contributed by atoms with Crippen LogP contribution in [0.3, 0.4) is 0 Å². The first-order valence-corrected chi connectivity index (χ1v) is 38.9. The summed E-state index contributed by atoms with van der Waals surface area (Å²) in [7, 11) is -6.69. The predicted octanol–water partition coefficient (Wildman–Crippen LogP) is 14.9. The third kappa shape index (κ3) is 6.67. The Labute approximate surface area is 311 Å². The van der Waals surface area contributed by atoms with E-state index in [0.29, 0.717) is 5.75 Å². The Morgan fingerprint density at radius 2 is 0.816 bits per heavy atom.